The second-order valence-corrected chi connectivity index (χ2v) is 20.5. The Morgan fingerprint density at radius 2 is 1.11 bits per heavy atom. The number of hydrogen-bond donors (Lipinski definition) is 1. The highest BCUT2D eigenvalue weighted by Gasteiger charge is 2.36. The predicted octanol–water partition coefficient (Wildman–Crippen LogP) is 6.62. The number of Topliss-reactive ketones (excluding diaryl/α,β-unsaturated/α-hetero) is 1. The molecular weight excluding hydrogens is 851 g/mol. The molecule has 6 aliphatic rings. The van der Waals surface area contributed by atoms with E-state index in [4.69, 9.17) is 24.7 Å². The maximum atomic E-state index is 11.9. The van der Waals surface area contributed by atoms with Crippen molar-refractivity contribution >= 4 is 54.8 Å². The van der Waals surface area contributed by atoms with Crippen LogP contribution in [0.4, 0.5) is 0 Å². The summed E-state index contributed by atoms with van der Waals surface area (Å²) in [4.78, 5) is 51.2. The van der Waals surface area contributed by atoms with Gasteiger partial charge < -0.3 is 24.7 Å². The molecule has 0 aromatic carbocycles. The van der Waals surface area contributed by atoms with E-state index < -0.39 is 17.7 Å². The van der Waals surface area contributed by atoms with E-state index in [9.17, 15) is 20.1 Å². The van der Waals surface area contributed by atoms with E-state index in [0.29, 0.717) is 36.7 Å². The Bertz CT molecular complexity index is 2200. The van der Waals surface area contributed by atoms with Crippen LogP contribution in [0, 0.1) is 34.5 Å². The average molecular weight is 910 g/mol. The Kier molecular flexibility index (Phi) is 14.3. The minimum absolute atomic E-state index is 0.0507. The Hall–Kier alpha value is -4.36. The van der Waals surface area contributed by atoms with E-state index in [2.05, 4.69) is 41.9 Å². The van der Waals surface area contributed by atoms with Crippen LogP contribution in [0.15, 0.2) is 12.7 Å². The lowest BCUT2D eigenvalue weighted by molar-refractivity contribution is -0.120. The fourth-order valence-corrected chi connectivity index (χ4v) is 13.6. The topological polar surface area (TPSA) is 203 Å². The summed E-state index contributed by atoms with van der Waals surface area (Å²) in [6.07, 6.45) is 17.0. The number of rotatable bonds is 12. The molecule has 15 nitrogen and oxygen atoms in total. The third-order valence-corrected chi connectivity index (χ3v) is 16.9. The van der Waals surface area contributed by atoms with Crippen LogP contribution >= 0.6 is 22.7 Å². The number of nitrogens with two attached hydrogens (primary N) is 1. The number of primary amides is 1. The van der Waals surface area contributed by atoms with Crippen molar-refractivity contribution in [2.24, 2.45) is 17.6 Å². The van der Waals surface area contributed by atoms with Crippen LogP contribution in [-0.2, 0) is 31.9 Å². The number of hydrogen-bond acceptors (Lipinski definition) is 16. The monoisotopic (exact) mass is 909 g/mol. The summed E-state index contributed by atoms with van der Waals surface area (Å²) in [5.74, 6) is -0.280. The van der Waals surface area contributed by atoms with Crippen molar-refractivity contribution in [2.45, 2.75) is 133 Å². The second-order valence-electron chi connectivity index (χ2n) is 18.3. The number of nitriles is 2. The Balaban J connectivity index is 0.000000162. The molecule has 4 aliphatic carbocycles. The molecular formula is C47H59N9O6S2. The van der Waals surface area contributed by atoms with Gasteiger partial charge in [0, 0.05) is 48.0 Å². The lowest BCUT2D eigenvalue weighted by Crippen LogP contribution is -2.46. The van der Waals surface area contributed by atoms with Crippen LogP contribution in [-0.4, -0.2) is 118 Å². The Morgan fingerprint density at radius 3 is 1.50 bits per heavy atom. The molecule has 4 aromatic heterocycles. The summed E-state index contributed by atoms with van der Waals surface area (Å²) in [5.41, 5.74) is 7.83. The smallest absolute Gasteiger partial charge is 0.234 e. The van der Waals surface area contributed by atoms with Crippen molar-refractivity contribution in [1.29, 1.82) is 10.5 Å². The molecule has 340 valence electrons. The van der Waals surface area contributed by atoms with Gasteiger partial charge in [0.2, 0.25) is 17.7 Å². The number of ether oxygens (including phenoxy) is 4. The van der Waals surface area contributed by atoms with E-state index >= 15 is 0 Å². The quantitative estimate of drug-likeness (QED) is 0.159. The molecule has 2 unspecified atom stereocenters. The number of ketones is 1. The van der Waals surface area contributed by atoms with Gasteiger partial charge in [-0.2, -0.15) is 10.5 Å². The summed E-state index contributed by atoms with van der Waals surface area (Å²) >= 11 is 3.39. The number of morpholine rings is 2. The molecule has 1 amide bonds. The van der Waals surface area contributed by atoms with Crippen LogP contribution in [0.2, 0.25) is 0 Å². The molecule has 17 heteroatoms. The van der Waals surface area contributed by atoms with E-state index in [0.717, 1.165) is 150 Å². The van der Waals surface area contributed by atoms with Gasteiger partial charge in [0.15, 0.2) is 0 Å². The first-order chi connectivity index (χ1) is 31.3. The normalized spacial score (nSPS) is 27.0. The molecule has 2 N–H and O–H groups in total. The fourth-order valence-electron chi connectivity index (χ4n) is 11.1. The van der Waals surface area contributed by atoms with Gasteiger partial charge in [-0.3, -0.25) is 19.4 Å². The van der Waals surface area contributed by atoms with Crippen molar-refractivity contribution in [3.63, 3.8) is 0 Å². The van der Waals surface area contributed by atoms with E-state index in [1.807, 2.05) is 0 Å². The highest BCUT2D eigenvalue weighted by atomic mass is 32.1. The van der Waals surface area contributed by atoms with Crippen LogP contribution in [0.25, 0.3) is 20.4 Å². The van der Waals surface area contributed by atoms with Gasteiger partial charge >= 0.3 is 0 Å². The first-order valence-corrected chi connectivity index (χ1v) is 25.0. The van der Waals surface area contributed by atoms with Crippen LogP contribution in [0.1, 0.15) is 117 Å². The van der Waals surface area contributed by atoms with Crippen LogP contribution in [0.3, 0.4) is 0 Å². The lowest BCUT2D eigenvalue weighted by Gasteiger charge is -2.38. The maximum absolute atomic E-state index is 11.9. The first kappa shape index (κ1) is 44.8. The van der Waals surface area contributed by atoms with Crippen molar-refractivity contribution in [3.8, 4) is 23.9 Å². The number of carbonyl (C=O) groups excluding carboxylic acids is 2. The van der Waals surface area contributed by atoms with Crippen LogP contribution < -0.4 is 15.2 Å². The van der Waals surface area contributed by atoms with Crippen LogP contribution in [0.5, 0.6) is 11.8 Å². The largest absolute Gasteiger partial charge is 0.474 e. The van der Waals surface area contributed by atoms with Gasteiger partial charge in [0.05, 0.1) is 49.3 Å². The zero-order valence-corrected chi connectivity index (χ0v) is 38.4. The van der Waals surface area contributed by atoms with Gasteiger partial charge in [0.1, 0.15) is 52.1 Å². The van der Waals surface area contributed by atoms with Gasteiger partial charge in [-0.25, -0.2) is 19.9 Å². The molecule has 6 heterocycles. The summed E-state index contributed by atoms with van der Waals surface area (Å²) < 4.78 is 24.0. The molecule has 4 atom stereocenters. The van der Waals surface area contributed by atoms with Gasteiger partial charge in [0.25, 0.3) is 0 Å². The molecule has 2 saturated heterocycles. The molecule has 64 heavy (non-hydrogen) atoms. The van der Waals surface area contributed by atoms with E-state index in [1.54, 1.807) is 35.3 Å². The molecule has 0 spiro atoms. The lowest BCUT2D eigenvalue weighted by atomic mass is 9.88. The number of fused-ring (bicyclic) bond motifs is 6. The Labute approximate surface area is 382 Å². The molecule has 4 fully saturated rings. The van der Waals surface area contributed by atoms with E-state index in [-0.39, 0.29) is 29.8 Å². The van der Waals surface area contributed by atoms with Gasteiger partial charge in [-0.15, -0.1) is 22.7 Å². The van der Waals surface area contributed by atoms with Crippen molar-refractivity contribution in [2.75, 3.05) is 52.6 Å². The molecule has 4 aromatic rings. The maximum Gasteiger partial charge on any atom is 0.234 e. The van der Waals surface area contributed by atoms with Crippen molar-refractivity contribution in [3.05, 3.63) is 33.5 Å². The van der Waals surface area contributed by atoms with Crippen molar-refractivity contribution < 1.29 is 28.5 Å². The second kappa shape index (κ2) is 20.4. The number of nitrogens with zero attached hydrogens (tertiary/aromatic N) is 8. The number of aryl methyl sites for hydroxylation is 2. The number of aromatic nitrogens is 4. The zero-order chi connectivity index (χ0) is 44.2. The molecule has 0 radical (unpaired) electrons. The zero-order valence-electron chi connectivity index (χ0n) is 36.8. The summed E-state index contributed by atoms with van der Waals surface area (Å²) in [6, 6.07) is 5.51. The Morgan fingerprint density at radius 1 is 0.688 bits per heavy atom. The third kappa shape index (κ3) is 9.76. The summed E-state index contributed by atoms with van der Waals surface area (Å²) in [6.45, 7) is 9.00. The minimum atomic E-state index is -0.773. The number of carbonyl (C=O) groups is 2. The summed E-state index contributed by atoms with van der Waals surface area (Å²) in [7, 11) is 0. The highest BCUT2D eigenvalue weighted by molar-refractivity contribution is 7.19. The standard InChI is InChI=1S/C24H30N4O3S.C23H29N5O3S/c1-15(29)17(13-25)12-16-2-7-20-21(16)22-23(26-14-27-24(22)32-20)31-19-5-3-18(4-6-19)28-8-10-30-11-9-28;24-12-15(21(25)29)11-14-1-6-18-19(14)20-22(26-13-27-23(20)32-18)31-17-4-2-16(3-5-17)28-7-9-30-10-8-28/h14,16-19H,2-12H2,1H3;13-17H,1-11H2,(H2,25,29)/t16-,17?,18?,19?;14-,15?,16?,17?/m11/s1. The highest BCUT2D eigenvalue weighted by Crippen LogP contribution is 2.50. The summed E-state index contributed by atoms with van der Waals surface area (Å²) in [5, 5.41) is 20.8. The SMILES string of the molecule is CC(=O)C(C#N)C[C@H]1CCc2sc3ncnc(OC4CCC(N5CCOCC5)CC4)c3c21.N#CC(C[C@H]1CCc2sc3ncnc(OC4CCC(N5CCOCC5)CC4)c3c21)C(N)=O. The molecule has 2 saturated carbocycles. The number of amides is 1. The van der Waals surface area contributed by atoms with E-state index in [1.165, 1.54) is 27.8 Å². The van der Waals surface area contributed by atoms with Gasteiger partial charge in [-0.1, -0.05) is 0 Å². The molecule has 2 aliphatic heterocycles. The molecule has 10 rings (SSSR count). The molecule has 0 bridgehead atoms. The first-order valence-electron chi connectivity index (χ1n) is 23.4. The predicted molar refractivity (Wildman–Crippen MR) is 242 cm³/mol. The fraction of sp³-hybridized carbons (Fsp3) is 0.660. The van der Waals surface area contributed by atoms with Crippen molar-refractivity contribution in [1.82, 2.24) is 29.7 Å². The van der Waals surface area contributed by atoms with Gasteiger partial charge in [-0.05, 0) is 120 Å². The number of thiophene rings is 2. The minimum Gasteiger partial charge on any atom is -0.474 e. The average Bonchev–Trinajstić information content (AvgIpc) is 4.10. The third-order valence-electron chi connectivity index (χ3n) is 14.5.